The first-order valence-corrected chi connectivity index (χ1v) is 8.67. The van der Waals surface area contributed by atoms with Gasteiger partial charge in [0.25, 0.3) is 6.02 Å². The Bertz CT molecular complexity index is 1030. The maximum absolute atomic E-state index is 14.5. The summed E-state index contributed by atoms with van der Waals surface area (Å²) in [5.41, 5.74) is 7.85. The molecule has 1 aliphatic rings. The first kappa shape index (κ1) is 17.5. The highest BCUT2D eigenvalue weighted by molar-refractivity contribution is 5.77. The van der Waals surface area contributed by atoms with Gasteiger partial charge in [-0.3, -0.25) is 0 Å². The normalized spacial score (nSPS) is 21.7. The third-order valence-electron chi connectivity index (χ3n) is 5.03. The summed E-state index contributed by atoms with van der Waals surface area (Å²) >= 11 is 0. The van der Waals surface area contributed by atoms with Crippen LogP contribution in [-0.4, -0.2) is 28.5 Å². The molecule has 1 atom stereocenters. The molecule has 0 fully saturated rings. The zero-order valence-electron chi connectivity index (χ0n) is 15.1. The molecule has 0 saturated heterocycles. The monoisotopic (exact) mass is 370 g/mol. The molecule has 3 aromatic rings. The minimum absolute atomic E-state index is 0.229. The van der Waals surface area contributed by atoms with Crippen LogP contribution in [0, 0.1) is 6.92 Å². The number of aromatic nitrogens is 2. The van der Waals surface area contributed by atoms with Gasteiger partial charge >= 0.3 is 5.92 Å². The highest BCUT2D eigenvalue weighted by Crippen LogP contribution is 2.43. The van der Waals surface area contributed by atoms with E-state index >= 15 is 0 Å². The minimum Gasteiger partial charge on any atom is -0.459 e. The van der Waals surface area contributed by atoms with Crippen LogP contribution >= 0.6 is 0 Å². The molecule has 27 heavy (non-hydrogen) atoms. The quantitative estimate of drug-likeness (QED) is 0.739. The maximum Gasteiger partial charge on any atom is 0.310 e. The molecule has 140 valence electrons. The fourth-order valence-electron chi connectivity index (χ4n) is 3.26. The van der Waals surface area contributed by atoms with Crippen molar-refractivity contribution in [2.75, 3.05) is 6.61 Å². The molecule has 0 saturated carbocycles. The SMILES string of the molecule is Cc1ccc(Cc2nc3ccc([C@@]4(C)N=C(N)OCC4(F)F)cc3[nH]2)cc1. The standard InChI is InChI=1S/C20H20F2N4O/c1-12-3-5-13(6-4-12)9-17-24-15-8-7-14(10-16(15)25-17)19(2)20(21,22)11-27-18(23)26-19/h3-8,10H,9,11H2,1-2H3,(H2,23,26)(H,24,25)/t19-/m1/s1. The van der Waals surface area contributed by atoms with Gasteiger partial charge in [-0.1, -0.05) is 35.9 Å². The van der Waals surface area contributed by atoms with Gasteiger partial charge in [-0.25, -0.2) is 9.98 Å². The van der Waals surface area contributed by atoms with Crippen LogP contribution in [0.2, 0.25) is 0 Å². The van der Waals surface area contributed by atoms with E-state index in [0.29, 0.717) is 17.5 Å². The number of amidine groups is 1. The Morgan fingerprint density at radius 1 is 1.19 bits per heavy atom. The van der Waals surface area contributed by atoms with Crippen molar-refractivity contribution in [3.8, 4) is 0 Å². The number of hydrogen-bond acceptors (Lipinski definition) is 4. The molecule has 0 amide bonds. The number of ether oxygens (including phenoxy) is 1. The Morgan fingerprint density at radius 3 is 2.67 bits per heavy atom. The number of rotatable bonds is 3. The number of H-pyrrole nitrogens is 1. The molecule has 0 aliphatic carbocycles. The van der Waals surface area contributed by atoms with Crippen molar-refractivity contribution in [3.63, 3.8) is 0 Å². The topological polar surface area (TPSA) is 76.3 Å². The average molecular weight is 370 g/mol. The number of imidazole rings is 1. The van der Waals surface area contributed by atoms with E-state index in [4.69, 9.17) is 10.5 Å². The number of nitrogens with one attached hydrogen (secondary N) is 1. The second kappa shape index (κ2) is 6.04. The Balaban J connectivity index is 1.70. The molecule has 7 heteroatoms. The van der Waals surface area contributed by atoms with Gasteiger partial charge in [0.2, 0.25) is 0 Å². The largest absolute Gasteiger partial charge is 0.459 e. The molecule has 0 spiro atoms. The van der Waals surface area contributed by atoms with E-state index in [1.165, 1.54) is 12.5 Å². The van der Waals surface area contributed by atoms with E-state index < -0.39 is 18.1 Å². The number of nitrogens with zero attached hydrogens (tertiary/aromatic N) is 2. The number of halogens is 2. The summed E-state index contributed by atoms with van der Waals surface area (Å²) < 4.78 is 33.8. The van der Waals surface area contributed by atoms with Crippen molar-refractivity contribution in [1.82, 2.24) is 9.97 Å². The lowest BCUT2D eigenvalue weighted by molar-refractivity contribution is -0.116. The van der Waals surface area contributed by atoms with Gasteiger partial charge in [0.1, 0.15) is 5.82 Å². The Labute approximate surface area is 155 Å². The zero-order valence-corrected chi connectivity index (χ0v) is 15.1. The summed E-state index contributed by atoms with van der Waals surface area (Å²) in [5.74, 6) is -2.40. The molecular formula is C20H20F2N4O. The van der Waals surface area contributed by atoms with Gasteiger partial charge in [0.05, 0.1) is 11.0 Å². The predicted octanol–water partition coefficient (Wildman–Crippen LogP) is 3.66. The van der Waals surface area contributed by atoms with Crippen molar-refractivity contribution in [3.05, 3.63) is 65.0 Å². The van der Waals surface area contributed by atoms with E-state index in [0.717, 1.165) is 16.9 Å². The fraction of sp³-hybridized carbons (Fsp3) is 0.300. The molecule has 4 rings (SSSR count). The molecule has 0 radical (unpaired) electrons. The maximum atomic E-state index is 14.5. The van der Waals surface area contributed by atoms with E-state index in [9.17, 15) is 8.78 Å². The fourth-order valence-corrected chi connectivity index (χ4v) is 3.26. The number of aliphatic imine (C=N–C) groups is 1. The summed E-state index contributed by atoms with van der Waals surface area (Å²) in [6.07, 6.45) is 0.636. The van der Waals surface area contributed by atoms with Crippen LogP contribution < -0.4 is 5.73 Å². The van der Waals surface area contributed by atoms with E-state index in [2.05, 4.69) is 27.1 Å². The second-order valence-electron chi connectivity index (χ2n) is 7.09. The zero-order chi connectivity index (χ0) is 19.2. The van der Waals surface area contributed by atoms with Crippen LogP contribution in [-0.2, 0) is 16.7 Å². The van der Waals surface area contributed by atoms with Crippen LogP contribution in [0.25, 0.3) is 11.0 Å². The van der Waals surface area contributed by atoms with E-state index in [1.54, 1.807) is 18.2 Å². The number of hydrogen-bond donors (Lipinski definition) is 2. The summed E-state index contributed by atoms with van der Waals surface area (Å²) in [7, 11) is 0. The van der Waals surface area contributed by atoms with Crippen molar-refractivity contribution in [2.45, 2.75) is 31.7 Å². The van der Waals surface area contributed by atoms with Crippen LogP contribution in [0.1, 0.15) is 29.4 Å². The lowest BCUT2D eigenvalue weighted by Gasteiger charge is -2.37. The van der Waals surface area contributed by atoms with Crippen molar-refractivity contribution in [2.24, 2.45) is 10.7 Å². The molecule has 2 aromatic carbocycles. The van der Waals surface area contributed by atoms with Crippen LogP contribution in [0.5, 0.6) is 0 Å². The number of nitrogens with two attached hydrogens (primary N) is 1. The van der Waals surface area contributed by atoms with E-state index in [1.807, 2.05) is 19.1 Å². The van der Waals surface area contributed by atoms with Crippen LogP contribution in [0.3, 0.4) is 0 Å². The first-order valence-electron chi connectivity index (χ1n) is 8.67. The van der Waals surface area contributed by atoms with Crippen molar-refractivity contribution < 1.29 is 13.5 Å². The van der Waals surface area contributed by atoms with Crippen LogP contribution in [0.4, 0.5) is 8.78 Å². The summed E-state index contributed by atoms with van der Waals surface area (Å²) in [6, 6.07) is 13.0. The molecule has 5 nitrogen and oxygen atoms in total. The molecule has 1 aromatic heterocycles. The number of aromatic amines is 1. The molecule has 0 bridgehead atoms. The number of aryl methyl sites for hydroxylation is 1. The van der Waals surface area contributed by atoms with Crippen LogP contribution in [0.15, 0.2) is 47.5 Å². The van der Waals surface area contributed by atoms with Gasteiger partial charge in [-0.05, 0) is 37.1 Å². The molecular weight excluding hydrogens is 350 g/mol. The lowest BCUT2D eigenvalue weighted by atomic mass is 9.85. The number of alkyl halides is 2. The van der Waals surface area contributed by atoms with Gasteiger partial charge in [-0.2, -0.15) is 8.78 Å². The van der Waals surface area contributed by atoms with Crippen molar-refractivity contribution in [1.29, 1.82) is 0 Å². The summed E-state index contributed by atoms with van der Waals surface area (Å²) in [5, 5.41) is 0. The Kier molecular flexibility index (Phi) is 3.91. The highest BCUT2D eigenvalue weighted by atomic mass is 19.3. The lowest BCUT2D eigenvalue weighted by Crippen LogP contribution is -2.50. The summed E-state index contributed by atoms with van der Waals surface area (Å²) in [6.45, 7) is 2.61. The van der Waals surface area contributed by atoms with Gasteiger partial charge in [0, 0.05) is 6.42 Å². The molecule has 1 aliphatic heterocycles. The molecule has 3 N–H and O–H groups in total. The van der Waals surface area contributed by atoms with Gasteiger partial charge < -0.3 is 15.5 Å². The molecule has 0 unspecified atom stereocenters. The van der Waals surface area contributed by atoms with E-state index in [-0.39, 0.29) is 6.02 Å². The minimum atomic E-state index is -3.17. The highest BCUT2D eigenvalue weighted by Gasteiger charge is 2.55. The number of benzene rings is 2. The summed E-state index contributed by atoms with van der Waals surface area (Å²) in [4.78, 5) is 11.7. The third kappa shape index (κ3) is 3.03. The smallest absolute Gasteiger partial charge is 0.310 e. The first-order chi connectivity index (χ1) is 12.8. The average Bonchev–Trinajstić information content (AvgIpc) is 3.02. The molecule has 2 heterocycles. The Hall–Kier alpha value is -2.96. The number of fused-ring (bicyclic) bond motifs is 1. The van der Waals surface area contributed by atoms with Crippen molar-refractivity contribution >= 4 is 17.1 Å². The predicted molar refractivity (Wildman–Crippen MR) is 100.0 cm³/mol. The van der Waals surface area contributed by atoms with Gasteiger partial charge in [-0.15, -0.1) is 0 Å². The second-order valence-corrected chi connectivity index (χ2v) is 7.09. The van der Waals surface area contributed by atoms with Gasteiger partial charge in [0.15, 0.2) is 12.1 Å². The third-order valence-corrected chi connectivity index (χ3v) is 5.03. The Morgan fingerprint density at radius 2 is 1.93 bits per heavy atom.